The predicted octanol–water partition coefficient (Wildman–Crippen LogP) is 4.06. The van der Waals surface area contributed by atoms with Gasteiger partial charge in [-0.05, 0) is 73.7 Å². The Balaban J connectivity index is 0.000000921. The molecule has 2 aromatic carbocycles. The molecule has 0 aromatic heterocycles. The first-order chi connectivity index (χ1) is 13.1. The van der Waals surface area contributed by atoms with Gasteiger partial charge in [0, 0.05) is 57.1 Å². The van der Waals surface area contributed by atoms with E-state index in [-0.39, 0.29) is 51.3 Å². The summed E-state index contributed by atoms with van der Waals surface area (Å²) in [5, 5.41) is 22.8. The molecule has 0 saturated carbocycles. The zero-order valence-electron chi connectivity index (χ0n) is 16.5. The largest absolute Gasteiger partial charge is 0.516 e. The molecule has 4 N–H and O–H groups in total. The van der Waals surface area contributed by atoms with Crippen molar-refractivity contribution in [2.45, 2.75) is 32.7 Å². The van der Waals surface area contributed by atoms with Crippen molar-refractivity contribution in [1.82, 2.24) is 5.32 Å². The number of amides is 1. The first-order valence-electron chi connectivity index (χ1n) is 9.32. The number of fused-ring (bicyclic) bond motifs is 1. The molecule has 1 aliphatic rings. The van der Waals surface area contributed by atoms with Crippen LogP contribution >= 0.6 is 0 Å². The van der Waals surface area contributed by atoms with Crippen LogP contribution in [0.3, 0.4) is 0 Å². The number of aliphatic hydroxyl groups excluding tert-OH is 2. The summed E-state index contributed by atoms with van der Waals surface area (Å²) in [6.07, 6.45) is 4.56. The van der Waals surface area contributed by atoms with Gasteiger partial charge in [-0.25, -0.2) is 0 Å². The molecular formula is C22H28N2O3Y. The second-order valence-corrected chi connectivity index (χ2v) is 6.26. The number of anilines is 1. The van der Waals surface area contributed by atoms with Gasteiger partial charge in [0.2, 0.25) is 0 Å². The molecule has 0 heterocycles. The molecule has 0 spiro atoms. The Morgan fingerprint density at radius 3 is 2.46 bits per heavy atom. The third-order valence-electron chi connectivity index (χ3n) is 4.35. The van der Waals surface area contributed by atoms with Crippen molar-refractivity contribution in [2.75, 3.05) is 18.5 Å². The van der Waals surface area contributed by atoms with Gasteiger partial charge in [-0.3, -0.25) is 4.79 Å². The van der Waals surface area contributed by atoms with Gasteiger partial charge in [-0.2, -0.15) is 0 Å². The van der Waals surface area contributed by atoms with E-state index in [0.29, 0.717) is 5.56 Å². The summed E-state index contributed by atoms with van der Waals surface area (Å²) in [6, 6.07) is 13.7. The summed E-state index contributed by atoms with van der Waals surface area (Å²) in [5.41, 5.74) is 5.07. The van der Waals surface area contributed by atoms with Crippen LogP contribution in [0.5, 0.6) is 0 Å². The zero-order chi connectivity index (χ0) is 19.6. The zero-order valence-corrected chi connectivity index (χ0v) is 19.3. The minimum atomic E-state index is -0.0461. The summed E-state index contributed by atoms with van der Waals surface area (Å²) in [4.78, 5) is 12.5. The van der Waals surface area contributed by atoms with Gasteiger partial charge in [-0.1, -0.05) is 18.2 Å². The first kappa shape index (κ1) is 24.4. The smallest absolute Gasteiger partial charge is 0.251 e. The maximum Gasteiger partial charge on any atom is 0.251 e. The molecule has 1 aliphatic carbocycles. The number of rotatable bonds is 5. The molecule has 1 atom stereocenters. The van der Waals surface area contributed by atoms with Gasteiger partial charge in [0.05, 0.1) is 12.3 Å². The Bertz CT molecular complexity index is 776. The topological polar surface area (TPSA) is 81.6 Å². The molecule has 0 fully saturated rings. The second-order valence-electron chi connectivity index (χ2n) is 6.26. The Hall–Kier alpha value is -1.69. The van der Waals surface area contributed by atoms with Crippen molar-refractivity contribution in [1.29, 1.82) is 0 Å². The second kappa shape index (κ2) is 12.7. The SMILES string of the molecule is CCNc1ccc(C(=O)NC2CCc3cc(/C=C/O)ccc32)cc1.CCO.[Y]. The van der Waals surface area contributed by atoms with E-state index in [2.05, 4.69) is 16.7 Å². The molecule has 1 unspecified atom stereocenters. The Kier molecular flexibility index (Phi) is 11.1. The quantitative estimate of drug-likeness (QED) is 0.511. The van der Waals surface area contributed by atoms with E-state index in [1.807, 2.05) is 43.3 Å². The summed E-state index contributed by atoms with van der Waals surface area (Å²) in [5.74, 6) is -0.0461. The van der Waals surface area contributed by atoms with E-state index < -0.39 is 0 Å². The molecule has 5 nitrogen and oxygen atoms in total. The monoisotopic (exact) mass is 457 g/mol. The first-order valence-corrected chi connectivity index (χ1v) is 9.32. The van der Waals surface area contributed by atoms with Crippen LogP contribution in [-0.4, -0.2) is 29.3 Å². The van der Waals surface area contributed by atoms with Crippen LogP contribution in [0, 0.1) is 0 Å². The van der Waals surface area contributed by atoms with E-state index in [1.165, 1.54) is 11.1 Å². The number of nitrogens with one attached hydrogen (secondary N) is 2. The van der Waals surface area contributed by atoms with Crippen LogP contribution in [0.4, 0.5) is 5.69 Å². The molecule has 0 saturated heterocycles. The van der Waals surface area contributed by atoms with E-state index >= 15 is 0 Å². The molecule has 1 amide bonds. The normalized spacial score (nSPS) is 14.5. The van der Waals surface area contributed by atoms with E-state index in [4.69, 9.17) is 10.2 Å². The average molecular weight is 457 g/mol. The van der Waals surface area contributed by atoms with Crippen molar-refractivity contribution in [2.24, 2.45) is 0 Å². The predicted molar refractivity (Wildman–Crippen MR) is 110 cm³/mol. The fourth-order valence-electron chi connectivity index (χ4n) is 3.16. The van der Waals surface area contributed by atoms with Crippen molar-refractivity contribution in [3.05, 3.63) is 71.0 Å². The molecule has 147 valence electrons. The third-order valence-corrected chi connectivity index (χ3v) is 4.35. The molecule has 2 aromatic rings. The van der Waals surface area contributed by atoms with Crippen molar-refractivity contribution >= 4 is 17.7 Å². The fraction of sp³-hybridized carbons (Fsp3) is 0.318. The van der Waals surface area contributed by atoms with Gasteiger partial charge in [0.15, 0.2) is 0 Å². The summed E-state index contributed by atoms with van der Waals surface area (Å²) >= 11 is 0. The van der Waals surface area contributed by atoms with Gasteiger partial charge >= 0.3 is 0 Å². The number of benzene rings is 2. The Labute approximate surface area is 192 Å². The van der Waals surface area contributed by atoms with Crippen LogP contribution in [0.2, 0.25) is 0 Å². The Morgan fingerprint density at radius 1 is 1.18 bits per heavy atom. The molecule has 28 heavy (non-hydrogen) atoms. The van der Waals surface area contributed by atoms with E-state index in [9.17, 15) is 4.79 Å². The molecular weight excluding hydrogens is 429 g/mol. The van der Waals surface area contributed by atoms with Gasteiger partial charge in [0.1, 0.15) is 0 Å². The minimum Gasteiger partial charge on any atom is -0.516 e. The molecule has 6 heteroatoms. The van der Waals surface area contributed by atoms with Gasteiger partial charge in [0.25, 0.3) is 5.91 Å². The average Bonchev–Trinajstić information content (AvgIpc) is 3.05. The molecule has 0 bridgehead atoms. The molecule has 0 aliphatic heterocycles. The number of carbonyl (C=O) groups excluding carboxylic acids is 1. The number of aryl methyl sites for hydroxylation is 1. The Morgan fingerprint density at radius 2 is 1.86 bits per heavy atom. The van der Waals surface area contributed by atoms with Gasteiger partial charge in [-0.15, -0.1) is 0 Å². The fourth-order valence-corrected chi connectivity index (χ4v) is 3.16. The maximum absolute atomic E-state index is 12.5. The number of carbonyl (C=O) groups is 1. The summed E-state index contributed by atoms with van der Waals surface area (Å²) < 4.78 is 0. The summed E-state index contributed by atoms with van der Waals surface area (Å²) in [7, 11) is 0. The van der Waals surface area contributed by atoms with Crippen LogP contribution in [-0.2, 0) is 39.1 Å². The van der Waals surface area contributed by atoms with Crippen molar-refractivity contribution in [3.63, 3.8) is 0 Å². The number of aliphatic hydroxyl groups is 2. The molecule has 3 rings (SSSR count). The third kappa shape index (κ3) is 6.73. The van der Waals surface area contributed by atoms with Crippen LogP contribution in [0.25, 0.3) is 6.08 Å². The maximum atomic E-state index is 12.5. The van der Waals surface area contributed by atoms with Crippen molar-refractivity contribution < 1.29 is 47.7 Å². The van der Waals surface area contributed by atoms with Gasteiger partial charge < -0.3 is 20.8 Å². The number of hydrogen-bond donors (Lipinski definition) is 4. The molecule has 1 radical (unpaired) electrons. The van der Waals surface area contributed by atoms with Crippen LogP contribution in [0.1, 0.15) is 53.4 Å². The van der Waals surface area contributed by atoms with Crippen LogP contribution < -0.4 is 10.6 Å². The summed E-state index contributed by atoms with van der Waals surface area (Å²) in [6.45, 7) is 4.83. The van der Waals surface area contributed by atoms with Crippen LogP contribution in [0.15, 0.2) is 48.7 Å². The minimum absolute atomic E-state index is 0. The van der Waals surface area contributed by atoms with E-state index in [0.717, 1.165) is 36.9 Å². The standard InChI is InChI=1S/C20H22N2O2.C2H6O.Y/c1-2-21-17-7-4-15(5-8-17)20(24)22-19-10-6-16-13-14(11-12-23)3-9-18(16)19;1-2-3;/h3-5,7-9,11-13,19,21,23H,2,6,10H2,1H3,(H,22,24);3H,2H2,1H3;/b12-11+;;. The number of hydrogen-bond acceptors (Lipinski definition) is 4. The van der Waals surface area contributed by atoms with Crippen molar-refractivity contribution in [3.8, 4) is 0 Å². The van der Waals surface area contributed by atoms with E-state index in [1.54, 1.807) is 13.0 Å².